The third-order valence-electron chi connectivity index (χ3n) is 4.47. The molecule has 0 aromatic carbocycles. The van der Waals surface area contributed by atoms with Crippen LogP contribution >= 0.6 is 0 Å². The molecule has 3 heterocycles. The quantitative estimate of drug-likeness (QED) is 0.837. The van der Waals surface area contributed by atoms with Gasteiger partial charge < -0.3 is 14.4 Å². The van der Waals surface area contributed by atoms with E-state index < -0.39 is 5.54 Å². The first kappa shape index (κ1) is 14.6. The van der Waals surface area contributed by atoms with Crippen LogP contribution in [0, 0.1) is 0 Å². The third kappa shape index (κ3) is 2.26. The zero-order valence-corrected chi connectivity index (χ0v) is 12.7. The molecule has 1 atom stereocenters. The number of piperazine rings is 1. The largest absolute Gasteiger partial charge is 0.481 e. The molecular weight excluding hydrogens is 286 g/mol. The summed E-state index contributed by atoms with van der Waals surface area (Å²) in [5.41, 5.74) is 0.138. The molecule has 7 heteroatoms. The van der Waals surface area contributed by atoms with Crippen molar-refractivity contribution in [2.45, 2.75) is 18.9 Å². The molecule has 2 amide bonds. The fraction of sp³-hybridized carbons (Fsp3) is 0.533. The Kier molecular flexibility index (Phi) is 3.64. The number of amides is 2. The Morgan fingerprint density at radius 2 is 2.32 bits per heavy atom. The van der Waals surface area contributed by atoms with Gasteiger partial charge in [0.25, 0.3) is 5.91 Å². The van der Waals surface area contributed by atoms with Crippen LogP contribution in [0.3, 0.4) is 0 Å². The summed E-state index contributed by atoms with van der Waals surface area (Å²) in [6, 6.07) is 3.30. The van der Waals surface area contributed by atoms with E-state index in [2.05, 4.69) is 4.98 Å². The number of aromatic nitrogens is 1. The molecule has 0 aliphatic carbocycles. The van der Waals surface area contributed by atoms with Crippen LogP contribution in [0.4, 0.5) is 4.79 Å². The van der Waals surface area contributed by atoms with E-state index in [0.717, 1.165) is 6.42 Å². The van der Waals surface area contributed by atoms with Gasteiger partial charge in [0.15, 0.2) is 0 Å². The van der Waals surface area contributed by atoms with Crippen molar-refractivity contribution in [2.24, 2.45) is 0 Å². The molecule has 22 heavy (non-hydrogen) atoms. The van der Waals surface area contributed by atoms with E-state index in [1.165, 1.54) is 7.11 Å². The molecule has 1 unspecified atom stereocenters. The van der Waals surface area contributed by atoms with Gasteiger partial charge in [0, 0.05) is 37.5 Å². The van der Waals surface area contributed by atoms with Gasteiger partial charge in [-0.3, -0.25) is 9.69 Å². The standard InChI is InChI=1S/C15H19N3O4/c1-3-15-9-17(6-7-18(15)14(20)22-10-15)13(19)11-4-5-16-12(8-11)21-2/h4-5,8H,3,6-7,9-10H2,1-2H3. The van der Waals surface area contributed by atoms with Crippen LogP contribution < -0.4 is 4.74 Å². The number of rotatable bonds is 3. The average Bonchev–Trinajstić information content (AvgIpc) is 2.91. The topological polar surface area (TPSA) is 72.0 Å². The first-order chi connectivity index (χ1) is 10.6. The molecule has 2 saturated heterocycles. The van der Waals surface area contributed by atoms with Crippen LogP contribution in [-0.2, 0) is 4.74 Å². The molecule has 7 nitrogen and oxygen atoms in total. The summed E-state index contributed by atoms with van der Waals surface area (Å²) in [4.78, 5) is 32.0. The fourth-order valence-electron chi connectivity index (χ4n) is 3.07. The highest BCUT2D eigenvalue weighted by molar-refractivity contribution is 5.94. The predicted molar refractivity (Wildman–Crippen MR) is 77.8 cm³/mol. The molecule has 3 rings (SSSR count). The molecular formula is C15H19N3O4. The number of hydrogen-bond donors (Lipinski definition) is 0. The van der Waals surface area contributed by atoms with E-state index in [9.17, 15) is 9.59 Å². The summed E-state index contributed by atoms with van der Waals surface area (Å²) in [6.07, 6.45) is 2.03. The first-order valence-electron chi connectivity index (χ1n) is 7.33. The first-order valence-corrected chi connectivity index (χ1v) is 7.33. The van der Waals surface area contributed by atoms with Crippen LogP contribution in [0.5, 0.6) is 5.88 Å². The highest BCUT2D eigenvalue weighted by atomic mass is 16.6. The third-order valence-corrected chi connectivity index (χ3v) is 4.47. The maximum absolute atomic E-state index is 12.7. The van der Waals surface area contributed by atoms with Crippen molar-refractivity contribution < 1.29 is 19.1 Å². The smallest absolute Gasteiger partial charge is 0.410 e. The SMILES string of the molecule is CCC12COC(=O)N1CCN(C(=O)c1ccnc(OC)c1)C2. The molecule has 2 aliphatic heterocycles. The summed E-state index contributed by atoms with van der Waals surface area (Å²) in [7, 11) is 1.52. The minimum absolute atomic E-state index is 0.0764. The van der Waals surface area contributed by atoms with E-state index in [1.807, 2.05) is 6.92 Å². The van der Waals surface area contributed by atoms with Gasteiger partial charge in [0.05, 0.1) is 12.6 Å². The Bertz CT molecular complexity index is 606. The van der Waals surface area contributed by atoms with E-state index in [4.69, 9.17) is 9.47 Å². The highest BCUT2D eigenvalue weighted by Gasteiger charge is 2.50. The second kappa shape index (κ2) is 5.47. The average molecular weight is 305 g/mol. The van der Waals surface area contributed by atoms with Gasteiger partial charge in [-0.15, -0.1) is 0 Å². The molecule has 0 bridgehead atoms. The van der Waals surface area contributed by atoms with E-state index in [0.29, 0.717) is 37.7 Å². The lowest BCUT2D eigenvalue weighted by atomic mass is 9.92. The minimum atomic E-state index is -0.401. The molecule has 1 aromatic heterocycles. The Labute approximate surface area is 128 Å². The lowest BCUT2D eigenvalue weighted by Crippen LogP contribution is -2.62. The minimum Gasteiger partial charge on any atom is -0.481 e. The Morgan fingerprint density at radius 3 is 3.05 bits per heavy atom. The van der Waals surface area contributed by atoms with Crippen LogP contribution in [0.25, 0.3) is 0 Å². The zero-order chi connectivity index (χ0) is 15.7. The van der Waals surface area contributed by atoms with E-state index >= 15 is 0 Å². The fourth-order valence-corrected chi connectivity index (χ4v) is 3.07. The maximum atomic E-state index is 12.7. The van der Waals surface area contributed by atoms with Crippen molar-refractivity contribution in [1.29, 1.82) is 0 Å². The number of methoxy groups -OCH3 is 1. The maximum Gasteiger partial charge on any atom is 0.410 e. The van der Waals surface area contributed by atoms with Gasteiger partial charge in [-0.2, -0.15) is 0 Å². The second-order valence-electron chi connectivity index (χ2n) is 5.60. The van der Waals surface area contributed by atoms with Crippen molar-refractivity contribution >= 4 is 12.0 Å². The number of carbonyl (C=O) groups is 2. The molecule has 2 aliphatic rings. The van der Waals surface area contributed by atoms with E-state index in [1.54, 1.807) is 28.1 Å². The van der Waals surface area contributed by atoms with Crippen molar-refractivity contribution in [3.63, 3.8) is 0 Å². The molecule has 2 fully saturated rings. The van der Waals surface area contributed by atoms with Gasteiger partial charge in [0.2, 0.25) is 5.88 Å². The molecule has 1 aromatic rings. The van der Waals surface area contributed by atoms with Crippen LogP contribution in [0.1, 0.15) is 23.7 Å². The van der Waals surface area contributed by atoms with Crippen molar-refractivity contribution in [1.82, 2.24) is 14.8 Å². The van der Waals surface area contributed by atoms with Crippen molar-refractivity contribution in [3.8, 4) is 5.88 Å². The Morgan fingerprint density at radius 1 is 1.50 bits per heavy atom. The van der Waals surface area contributed by atoms with E-state index in [-0.39, 0.29) is 12.0 Å². The van der Waals surface area contributed by atoms with Gasteiger partial charge in [-0.1, -0.05) is 6.92 Å². The van der Waals surface area contributed by atoms with Gasteiger partial charge in [0.1, 0.15) is 6.61 Å². The predicted octanol–water partition coefficient (Wildman–Crippen LogP) is 1.15. The molecule has 0 spiro atoms. The second-order valence-corrected chi connectivity index (χ2v) is 5.60. The molecule has 0 N–H and O–H groups in total. The van der Waals surface area contributed by atoms with Gasteiger partial charge in [-0.05, 0) is 12.5 Å². The number of pyridine rings is 1. The van der Waals surface area contributed by atoms with Gasteiger partial charge in [-0.25, -0.2) is 9.78 Å². The number of fused-ring (bicyclic) bond motifs is 1. The molecule has 0 radical (unpaired) electrons. The van der Waals surface area contributed by atoms with Crippen LogP contribution in [0.15, 0.2) is 18.3 Å². The number of carbonyl (C=O) groups excluding carboxylic acids is 2. The number of cyclic esters (lactones) is 1. The molecule has 0 saturated carbocycles. The zero-order valence-electron chi connectivity index (χ0n) is 12.7. The summed E-state index contributed by atoms with van der Waals surface area (Å²) < 4.78 is 10.2. The lowest BCUT2D eigenvalue weighted by molar-refractivity contribution is 0.0361. The van der Waals surface area contributed by atoms with Gasteiger partial charge >= 0.3 is 6.09 Å². The lowest BCUT2D eigenvalue weighted by Gasteiger charge is -2.44. The Hall–Kier alpha value is -2.31. The van der Waals surface area contributed by atoms with Crippen LogP contribution in [-0.4, -0.2) is 65.7 Å². The monoisotopic (exact) mass is 305 g/mol. The summed E-state index contributed by atoms with van der Waals surface area (Å²) in [5.74, 6) is 0.335. The van der Waals surface area contributed by atoms with Crippen LogP contribution in [0.2, 0.25) is 0 Å². The normalized spacial score (nSPS) is 24.0. The highest BCUT2D eigenvalue weighted by Crippen LogP contribution is 2.32. The summed E-state index contributed by atoms with van der Waals surface area (Å²) in [5, 5.41) is 0. The number of nitrogens with zero attached hydrogens (tertiary/aromatic N) is 3. The number of ether oxygens (including phenoxy) is 2. The molecule has 118 valence electrons. The Balaban J connectivity index is 1.81. The number of hydrogen-bond acceptors (Lipinski definition) is 5. The summed E-state index contributed by atoms with van der Waals surface area (Å²) >= 11 is 0. The van der Waals surface area contributed by atoms with Crippen molar-refractivity contribution in [2.75, 3.05) is 33.4 Å². The van der Waals surface area contributed by atoms with Crippen molar-refractivity contribution in [3.05, 3.63) is 23.9 Å². The summed E-state index contributed by atoms with van der Waals surface area (Å²) in [6.45, 7) is 3.84.